The molecule has 0 radical (unpaired) electrons. The third-order valence-electron chi connectivity index (χ3n) is 2.01. The number of rotatable bonds is 3. The van der Waals surface area contributed by atoms with Gasteiger partial charge in [-0.3, -0.25) is 4.79 Å². The van der Waals surface area contributed by atoms with E-state index in [1.54, 1.807) is 23.0 Å². The van der Waals surface area contributed by atoms with Crippen LogP contribution in [0.4, 0.5) is 4.39 Å². The summed E-state index contributed by atoms with van der Waals surface area (Å²) in [6.45, 7) is 0.300. The normalized spacial score (nSPS) is 10.1. The molecule has 1 aromatic carbocycles. The molecule has 1 heterocycles. The van der Waals surface area contributed by atoms with Gasteiger partial charge in [0.05, 0.1) is 5.51 Å². The van der Waals surface area contributed by atoms with Crippen molar-refractivity contribution in [3.8, 4) is 0 Å². The number of hydrogen-bond acceptors (Lipinski definition) is 3. The van der Waals surface area contributed by atoms with Crippen LogP contribution in [0.2, 0.25) is 0 Å². The maximum atomic E-state index is 12.8. The Bertz CT molecular complexity index is 484. The summed E-state index contributed by atoms with van der Waals surface area (Å²) < 4.78 is 12.8. The van der Waals surface area contributed by atoms with E-state index < -0.39 is 0 Å². The van der Waals surface area contributed by atoms with Gasteiger partial charge in [0.15, 0.2) is 0 Å². The number of aromatic nitrogens is 1. The summed E-state index contributed by atoms with van der Waals surface area (Å²) in [6, 6.07) is 6.12. The molecule has 2 aromatic rings. The topological polar surface area (TPSA) is 42.0 Å². The minimum Gasteiger partial charge on any atom is -0.347 e. The van der Waals surface area contributed by atoms with E-state index in [0.29, 0.717) is 12.2 Å². The Morgan fingerprint density at radius 3 is 3.06 bits per heavy atom. The molecule has 0 spiro atoms. The number of nitrogens with one attached hydrogen (secondary N) is 1. The van der Waals surface area contributed by atoms with Gasteiger partial charge in [-0.05, 0) is 17.7 Å². The van der Waals surface area contributed by atoms with Crippen LogP contribution in [0.15, 0.2) is 35.2 Å². The average Bonchev–Trinajstić information content (AvgIpc) is 2.79. The van der Waals surface area contributed by atoms with Crippen LogP contribution in [-0.4, -0.2) is 10.9 Å². The van der Waals surface area contributed by atoms with Crippen molar-refractivity contribution in [2.45, 2.75) is 6.54 Å². The summed E-state index contributed by atoms with van der Waals surface area (Å²) in [5.74, 6) is -0.550. The van der Waals surface area contributed by atoms with Crippen molar-refractivity contribution in [2.24, 2.45) is 0 Å². The number of benzene rings is 1. The summed E-state index contributed by atoms with van der Waals surface area (Å²) in [5.41, 5.74) is 2.71. The standard InChI is InChI=1S/C11H9FN2OS/c12-9-3-1-2-8(4-9)5-13-11(15)10-6-16-7-14-10/h1-4,6-7H,5H2,(H,13,15). The van der Waals surface area contributed by atoms with E-state index in [4.69, 9.17) is 0 Å². The largest absolute Gasteiger partial charge is 0.347 e. The molecular weight excluding hydrogens is 227 g/mol. The van der Waals surface area contributed by atoms with Crippen LogP contribution >= 0.6 is 11.3 Å². The number of thiazole rings is 1. The summed E-state index contributed by atoms with van der Waals surface area (Å²) in [7, 11) is 0. The fourth-order valence-corrected chi connectivity index (χ4v) is 1.78. The molecule has 0 bridgehead atoms. The molecule has 0 fully saturated rings. The molecular formula is C11H9FN2OS. The second-order valence-corrected chi connectivity index (χ2v) is 3.90. The lowest BCUT2D eigenvalue weighted by atomic mass is 10.2. The van der Waals surface area contributed by atoms with Gasteiger partial charge in [-0.1, -0.05) is 12.1 Å². The molecule has 1 aromatic heterocycles. The van der Waals surface area contributed by atoms with Crippen LogP contribution < -0.4 is 5.32 Å². The van der Waals surface area contributed by atoms with Crippen molar-refractivity contribution in [1.82, 2.24) is 10.3 Å². The van der Waals surface area contributed by atoms with Gasteiger partial charge in [0.2, 0.25) is 0 Å². The number of halogens is 1. The zero-order valence-electron chi connectivity index (χ0n) is 8.31. The van der Waals surface area contributed by atoms with E-state index in [9.17, 15) is 9.18 Å². The van der Waals surface area contributed by atoms with Gasteiger partial charge in [0, 0.05) is 11.9 Å². The monoisotopic (exact) mass is 236 g/mol. The fourth-order valence-electron chi connectivity index (χ4n) is 1.24. The Kier molecular flexibility index (Phi) is 3.26. The molecule has 0 unspecified atom stereocenters. The zero-order valence-corrected chi connectivity index (χ0v) is 9.13. The van der Waals surface area contributed by atoms with Crippen LogP contribution in [0.5, 0.6) is 0 Å². The Morgan fingerprint density at radius 1 is 1.50 bits per heavy atom. The van der Waals surface area contributed by atoms with Crippen LogP contribution in [0.25, 0.3) is 0 Å². The van der Waals surface area contributed by atoms with E-state index >= 15 is 0 Å². The van der Waals surface area contributed by atoms with Crippen molar-refractivity contribution >= 4 is 17.2 Å². The maximum absolute atomic E-state index is 12.8. The molecule has 0 saturated heterocycles. The zero-order chi connectivity index (χ0) is 11.4. The van der Waals surface area contributed by atoms with Crippen LogP contribution in [0.1, 0.15) is 16.1 Å². The van der Waals surface area contributed by atoms with Crippen LogP contribution in [0, 0.1) is 5.82 Å². The molecule has 2 rings (SSSR count). The summed E-state index contributed by atoms with van der Waals surface area (Å²) >= 11 is 1.36. The van der Waals surface area contributed by atoms with Crippen molar-refractivity contribution in [3.63, 3.8) is 0 Å². The van der Waals surface area contributed by atoms with Crippen molar-refractivity contribution in [1.29, 1.82) is 0 Å². The van der Waals surface area contributed by atoms with Gasteiger partial charge in [-0.25, -0.2) is 9.37 Å². The SMILES string of the molecule is O=C(NCc1cccc(F)c1)c1cscn1. The third kappa shape index (κ3) is 2.64. The van der Waals surface area contributed by atoms with Gasteiger partial charge in [0.1, 0.15) is 11.5 Å². The molecule has 0 aliphatic carbocycles. The first-order valence-electron chi connectivity index (χ1n) is 4.66. The minimum absolute atomic E-state index is 0.245. The smallest absolute Gasteiger partial charge is 0.271 e. The van der Waals surface area contributed by atoms with Crippen molar-refractivity contribution in [3.05, 3.63) is 52.2 Å². The summed E-state index contributed by atoms with van der Waals surface area (Å²) in [6.07, 6.45) is 0. The highest BCUT2D eigenvalue weighted by Gasteiger charge is 2.06. The fraction of sp³-hybridized carbons (Fsp3) is 0.0909. The first-order chi connectivity index (χ1) is 7.75. The molecule has 82 valence electrons. The molecule has 16 heavy (non-hydrogen) atoms. The minimum atomic E-state index is -0.305. The molecule has 5 heteroatoms. The lowest BCUT2D eigenvalue weighted by Crippen LogP contribution is -2.23. The predicted molar refractivity (Wildman–Crippen MR) is 59.7 cm³/mol. The van der Waals surface area contributed by atoms with Crippen LogP contribution in [0.3, 0.4) is 0 Å². The first-order valence-corrected chi connectivity index (χ1v) is 5.61. The van der Waals surface area contributed by atoms with Crippen molar-refractivity contribution < 1.29 is 9.18 Å². The third-order valence-corrected chi connectivity index (χ3v) is 2.59. The molecule has 0 atom stereocenters. The Labute approximate surface area is 96.0 Å². The van der Waals surface area contributed by atoms with Gasteiger partial charge < -0.3 is 5.32 Å². The van der Waals surface area contributed by atoms with Crippen molar-refractivity contribution in [2.75, 3.05) is 0 Å². The van der Waals surface area contributed by atoms with E-state index in [2.05, 4.69) is 10.3 Å². The highest BCUT2D eigenvalue weighted by Crippen LogP contribution is 2.04. The van der Waals surface area contributed by atoms with Gasteiger partial charge in [-0.2, -0.15) is 0 Å². The lowest BCUT2D eigenvalue weighted by Gasteiger charge is -2.03. The quantitative estimate of drug-likeness (QED) is 0.887. The molecule has 3 nitrogen and oxygen atoms in total. The summed E-state index contributed by atoms with van der Waals surface area (Å²) in [4.78, 5) is 15.4. The van der Waals surface area contributed by atoms with E-state index in [-0.39, 0.29) is 11.7 Å². The second kappa shape index (κ2) is 4.85. The predicted octanol–water partition coefficient (Wildman–Crippen LogP) is 2.21. The highest BCUT2D eigenvalue weighted by atomic mass is 32.1. The Balaban J connectivity index is 1.95. The lowest BCUT2D eigenvalue weighted by molar-refractivity contribution is 0.0946. The number of nitrogens with zero attached hydrogens (tertiary/aromatic N) is 1. The van der Waals surface area contributed by atoms with E-state index in [0.717, 1.165) is 5.56 Å². The molecule has 0 aliphatic rings. The Morgan fingerprint density at radius 2 is 2.38 bits per heavy atom. The maximum Gasteiger partial charge on any atom is 0.271 e. The van der Waals surface area contributed by atoms with E-state index in [1.807, 2.05) is 0 Å². The first kappa shape index (κ1) is 10.8. The number of carbonyl (C=O) groups is 1. The van der Waals surface area contributed by atoms with Gasteiger partial charge in [-0.15, -0.1) is 11.3 Å². The summed E-state index contributed by atoms with van der Waals surface area (Å²) in [5, 5.41) is 4.33. The molecule has 0 aliphatic heterocycles. The van der Waals surface area contributed by atoms with Gasteiger partial charge in [0.25, 0.3) is 5.91 Å². The molecule has 0 saturated carbocycles. The highest BCUT2D eigenvalue weighted by molar-refractivity contribution is 7.07. The number of hydrogen-bond donors (Lipinski definition) is 1. The number of amides is 1. The Hall–Kier alpha value is -1.75. The van der Waals surface area contributed by atoms with Gasteiger partial charge >= 0.3 is 0 Å². The van der Waals surface area contributed by atoms with Crippen LogP contribution in [-0.2, 0) is 6.54 Å². The number of carbonyl (C=O) groups excluding carboxylic acids is 1. The second-order valence-electron chi connectivity index (χ2n) is 3.19. The molecule has 1 amide bonds. The average molecular weight is 236 g/mol. The molecule has 1 N–H and O–H groups in total. The van der Waals surface area contributed by atoms with E-state index in [1.165, 1.54) is 23.5 Å².